The Morgan fingerprint density at radius 1 is 0.938 bits per heavy atom. The van der Waals surface area contributed by atoms with E-state index in [1.807, 2.05) is 6.92 Å². The number of carbonyl (C=O) groups excluding carboxylic acids is 3. The summed E-state index contributed by atoms with van der Waals surface area (Å²) in [5.41, 5.74) is -0.518. The largest absolute Gasteiger partial charge is 0.484 e. The summed E-state index contributed by atoms with van der Waals surface area (Å²) in [4.78, 5) is 35.5. The van der Waals surface area contributed by atoms with Crippen molar-refractivity contribution in [1.82, 2.24) is 10.6 Å². The highest BCUT2D eigenvalue weighted by atomic mass is 19.4. The van der Waals surface area contributed by atoms with Crippen LogP contribution in [0.5, 0.6) is 5.75 Å². The highest BCUT2D eigenvalue weighted by Crippen LogP contribution is 2.30. The van der Waals surface area contributed by atoms with E-state index >= 15 is 0 Å². The van der Waals surface area contributed by atoms with E-state index in [0.29, 0.717) is 17.9 Å². The second-order valence-corrected chi connectivity index (χ2v) is 6.80. The minimum absolute atomic E-state index is 0.00354. The smallest absolute Gasteiger partial charge is 0.416 e. The molecule has 0 fully saturated rings. The molecule has 0 saturated carbocycles. The van der Waals surface area contributed by atoms with Crippen molar-refractivity contribution in [3.8, 4) is 5.75 Å². The van der Waals surface area contributed by atoms with Gasteiger partial charge in [0.05, 0.1) is 5.56 Å². The fraction of sp³-hybridized carbons (Fsp3) is 0.318. The Balaban J connectivity index is 1.78. The van der Waals surface area contributed by atoms with E-state index < -0.39 is 24.3 Å². The maximum Gasteiger partial charge on any atom is 0.416 e. The van der Waals surface area contributed by atoms with Gasteiger partial charge in [0.1, 0.15) is 5.75 Å². The molecule has 0 aliphatic heterocycles. The lowest BCUT2D eigenvalue weighted by molar-refractivity contribution is -0.137. The summed E-state index contributed by atoms with van der Waals surface area (Å²) in [7, 11) is 0. The lowest BCUT2D eigenvalue weighted by Crippen LogP contribution is -2.31. The highest BCUT2D eigenvalue weighted by molar-refractivity contribution is 5.94. The van der Waals surface area contributed by atoms with Crippen molar-refractivity contribution in [2.75, 3.05) is 25.0 Å². The van der Waals surface area contributed by atoms with Gasteiger partial charge in [-0.1, -0.05) is 13.0 Å². The molecule has 0 aliphatic carbocycles. The molecule has 172 valence electrons. The number of halogens is 3. The van der Waals surface area contributed by atoms with Crippen LogP contribution >= 0.6 is 0 Å². The molecule has 0 atom stereocenters. The minimum atomic E-state index is -4.51. The van der Waals surface area contributed by atoms with E-state index in [0.717, 1.165) is 18.6 Å². The molecule has 2 rings (SSSR count). The first-order valence-electron chi connectivity index (χ1n) is 9.94. The number of anilines is 1. The van der Waals surface area contributed by atoms with Crippen LogP contribution in [0.2, 0.25) is 0 Å². The number of carbonyl (C=O) groups is 3. The van der Waals surface area contributed by atoms with Crippen molar-refractivity contribution in [1.29, 1.82) is 0 Å². The second kappa shape index (κ2) is 11.7. The van der Waals surface area contributed by atoms with Gasteiger partial charge in [-0.15, -0.1) is 0 Å². The number of amides is 3. The van der Waals surface area contributed by atoms with Gasteiger partial charge in [0.15, 0.2) is 6.61 Å². The standard InChI is InChI=1S/C22H24F3N3O4/c1-2-11-26-19(29)10-12-27-21(31)15-6-8-18(9-7-15)32-14-20(30)28-17-5-3-4-16(13-17)22(23,24)25/h3-9,13H,2,10-12,14H2,1H3,(H,26,29)(H,27,31)(H,28,30). The molecule has 7 nitrogen and oxygen atoms in total. The zero-order chi connectivity index (χ0) is 23.6. The van der Waals surface area contributed by atoms with Crippen LogP contribution < -0.4 is 20.7 Å². The fourth-order valence-electron chi connectivity index (χ4n) is 2.57. The highest BCUT2D eigenvalue weighted by Gasteiger charge is 2.30. The van der Waals surface area contributed by atoms with Gasteiger partial charge in [0.2, 0.25) is 5.91 Å². The van der Waals surface area contributed by atoms with Crippen LogP contribution in [-0.4, -0.2) is 37.4 Å². The van der Waals surface area contributed by atoms with Gasteiger partial charge in [-0.2, -0.15) is 13.2 Å². The lowest BCUT2D eigenvalue weighted by Gasteiger charge is -2.11. The molecule has 10 heteroatoms. The number of hydrogen-bond acceptors (Lipinski definition) is 4. The summed E-state index contributed by atoms with van der Waals surface area (Å²) < 4.78 is 43.5. The van der Waals surface area contributed by atoms with Crippen LogP contribution in [-0.2, 0) is 15.8 Å². The van der Waals surface area contributed by atoms with E-state index in [1.54, 1.807) is 0 Å². The Kier molecular flexibility index (Phi) is 9.06. The summed E-state index contributed by atoms with van der Waals surface area (Å²) in [6, 6.07) is 10.2. The summed E-state index contributed by atoms with van der Waals surface area (Å²) in [5, 5.41) is 7.68. The summed E-state index contributed by atoms with van der Waals surface area (Å²) in [6.45, 7) is 2.31. The van der Waals surface area contributed by atoms with Crippen LogP contribution in [0.3, 0.4) is 0 Å². The molecular weight excluding hydrogens is 427 g/mol. The molecular formula is C22H24F3N3O4. The van der Waals surface area contributed by atoms with Gasteiger partial charge in [0, 0.05) is 30.8 Å². The lowest BCUT2D eigenvalue weighted by atomic mass is 10.2. The van der Waals surface area contributed by atoms with Gasteiger partial charge < -0.3 is 20.7 Å². The number of hydrogen-bond donors (Lipinski definition) is 3. The van der Waals surface area contributed by atoms with Crippen molar-refractivity contribution in [2.45, 2.75) is 25.9 Å². The van der Waals surface area contributed by atoms with Gasteiger partial charge in [-0.05, 0) is 48.9 Å². The quantitative estimate of drug-likeness (QED) is 0.516. The Hall–Kier alpha value is -3.56. The molecule has 32 heavy (non-hydrogen) atoms. The maximum atomic E-state index is 12.7. The van der Waals surface area contributed by atoms with E-state index in [-0.39, 0.29) is 30.5 Å². The first-order chi connectivity index (χ1) is 15.2. The molecule has 3 amide bonds. The average molecular weight is 451 g/mol. The van der Waals surface area contributed by atoms with Gasteiger partial charge in [-0.3, -0.25) is 14.4 Å². The minimum Gasteiger partial charge on any atom is -0.484 e. The van der Waals surface area contributed by atoms with Crippen molar-refractivity contribution in [2.24, 2.45) is 0 Å². The first kappa shape index (κ1) is 24.7. The Morgan fingerprint density at radius 2 is 1.66 bits per heavy atom. The molecule has 3 N–H and O–H groups in total. The molecule has 0 unspecified atom stereocenters. The summed E-state index contributed by atoms with van der Waals surface area (Å²) in [6.07, 6.45) is -3.50. The maximum absolute atomic E-state index is 12.7. The van der Waals surface area contributed by atoms with Crippen molar-refractivity contribution >= 4 is 23.4 Å². The molecule has 0 bridgehead atoms. The van der Waals surface area contributed by atoms with E-state index in [9.17, 15) is 27.6 Å². The Bertz CT molecular complexity index is 931. The van der Waals surface area contributed by atoms with Crippen LogP contribution in [0, 0.1) is 0 Å². The van der Waals surface area contributed by atoms with Crippen LogP contribution in [0.15, 0.2) is 48.5 Å². The normalized spacial score (nSPS) is 10.9. The van der Waals surface area contributed by atoms with Crippen molar-refractivity contribution < 1.29 is 32.3 Å². The topological polar surface area (TPSA) is 96.5 Å². The van der Waals surface area contributed by atoms with Crippen molar-refractivity contribution in [3.05, 3.63) is 59.7 Å². The predicted octanol–water partition coefficient (Wildman–Crippen LogP) is 3.37. The third-order valence-electron chi connectivity index (χ3n) is 4.17. The van der Waals surface area contributed by atoms with E-state index in [4.69, 9.17) is 4.74 Å². The molecule has 0 saturated heterocycles. The second-order valence-electron chi connectivity index (χ2n) is 6.80. The van der Waals surface area contributed by atoms with Gasteiger partial charge >= 0.3 is 6.18 Å². The monoisotopic (exact) mass is 451 g/mol. The fourth-order valence-corrected chi connectivity index (χ4v) is 2.57. The molecule has 0 aliphatic rings. The molecule has 0 heterocycles. The van der Waals surface area contributed by atoms with Crippen LogP contribution in [0.1, 0.15) is 35.7 Å². The van der Waals surface area contributed by atoms with Gasteiger partial charge in [0.25, 0.3) is 11.8 Å². The third kappa shape index (κ3) is 8.29. The van der Waals surface area contributed by atoms with E-state index in [2.05, 4.69) is 16.0 Å². The average Bonchev–Trinajstić information content (AvgIpc) is 2.76. The molecule has 0 radical (unpaired) electrons. The SMILES string of the molecule is CCCNC(=O)CCNC(=O)c1ccc(OCC(=O)Nc2cccc(C(F)(F)F)c2)cc1. The first-order valence-corrected chi connectivity index (χ1v) is 9.94. The predicted molar refractivity (Wildman–Crippen MR) is 112 cm³/mol. The third-order valence-corrected chi connectivity index (χ3v) is 4.17. The van der Waals surface area contributed by atoms with Crippen LogP contribution in [0.25, 0.3) is 0 Å². The van der Waals surface area contributed by atoms with Gasteiger partial charge in [-0.25, -0.2) is 0 Å². The number of nitrogens with one attached hydrogen (secondary N) is 3. The Labute approximate surface area is 183 Å². The zero-order valence-corrected chi connectivity index (χ0v) is 17.4. The zero-order valence-electron chi connectivity index (χ0n) is 17.4. The number of alkyl halides is 3. The number of ether oxygens (including phenoxy) is 1. The molecule has 0 spiro atoms. The summed E-state index contributed by atoms with van der Waals surface area (Å²) in [5.74, 6) is -0.825. The summed E-state index contributed by atoms with van der Waals surface area (Å²) >= 11 is 0. The molecule has 2 aromatic rings. The number of rotatable bonds is 10. The van der Waals surface area contributed by atoms with E-state index in [1.165, 1.54) is 36.4 Å². The molecule has 2 aromatic carbocycles. The van der Waals surface area contributed by atoms with Crippen molar-refractivity contribution in [3.63, 3.8) is 0 Å². The number of benzene rings is 2. The Morgan fingerprint density at radius 3 is 2.31 bits per heavy atom. The molecule has 0 aromatic heterocycles. The van der Waals surface area contributed by atoms with Crippen LogP contribution in [0.4, 0.5) is 18.9 Å².